The number of rotatable bonds is 5. The number of nitrogens with zero attached hydrogens (tertiary/aromatic N) is 2. The molecule has 0 aliphatic heterocycles. The van der Waals surface area contributed by atoms with Crippen LogP contribution < -0.4 is 5.32 Å². The Labute approximate surface area is 123 Å². The quantitative estimate of drug-likeness (QED) is 0.915. The molecule has 1 heterocycles. The normalized spacial score (nSPS) is 12.7. The smallest absolute Gasteiger partial charge is 0.141 e. The zero-order valence-corrected chi connectivity index (χ0v) is 12.7. The number of likely N-dealkylation sites (N-methyl/N-ethyl adjacent to an activating group) is 1. The number of benzene rings is 1. The van der Waals surface area contributed by atoms with Crippen molar-refractivity contribution in [1.82, 2.24) is 15.1 Å². The molecule has 0 saturated carbocycles. The van der Waals surface area contributed by atoms with Crippen molar-refractivity contribution >= 4 is 11.6 Å². The lowest BCUT2D eigenvalue weighted by Crippen LogP contribution is -2.20. The predicted octanol–water partition coefficient (Wildman–Crippen LogP) is 3.51. The minimum absolute atomic E-state index is 0.0782. The lowest BCUT2D eigenvalue weighted by Gasteiger charge is -2.17. The maximum absolute atomic E-state index is 13.2. The van der Waals surface area contributed by atoms with E-state index in [4.69, 9.17) is 11.6 Å². The van der Waals surface area contributed by atoms with Gasteiger partial charge in [0.05, 0.1) is 10.7 Å². The van der Waals surface area contributed by atoms with E-state index in [-0.39, 0.29) is 16.9 Å². The Kier molecular flexibility index (Phi) is 4.78. The summed E-state index contributed by atoms with van der Waals surface area (Å²) >= 11 is 5.86. The second-order valence-corrected chi connectivity index (χ2v) is 5.22. The van der Waals surface area contributed by atoms with Crippen LogP contribution in [0.15, 0.2) is 24.3 Å². The third-order valence-electron chi connectivity index (χ3n) is 3.39. The van der Waals surface area contributed by atoms with E-state index in [1.54, 1.807) is 12.1 Å². The molecule has 3 nitrogen and oxygen atoms in total. The molecule has 1 atom stereocenters. The van der Waals surface area contributed by atoms with Gasteiger partial charge in [0.1, 0.15) is 5.82 Å². The Morgan fingerprint density at radius 1 is 1.40 bits per heavy atom. The van der Waals surface area contributed by atoms with E-state index >= 15 is 0 Å². The second-order valence-electron chi connectivity index (χ2n) is 4.81. The van der Waals surface area contributed by atoms with E-state index in [1.807, 2.05) is 18.7 Å². The summed E-state index contributed by atoms with van der Waals surface area (Å²) in [7, 11) is 1.89. The molecule has 0 aliphatic rings. The van der Waals surface area contributed by atoms with Gasteiger partial charge in [-0.3, -0.25) is 4.68 Å². The van der Waals surface area contributed by atoms with E-state index in [0.29, 0.717) is 0 Å². The Balaban J connectivity index is 2.26. The number of hydrogen-bond acceptors (Lipinski definition) is 2. The Hall–Kier alpha value is -1.39. The molecule has 0 saturated heterocycles. The van der Waals surface area contributed by atoms with Crippen LogP contribution in [0.25, 0.3) is 0 Å². The van der Waals surface area contributed by atoms with Gasteiger partial charge in [-0.15, -0.1) is 0 Å². The number of aromatic nitrogens is 2. The van der Waals surface area contributed by atoms with Gasteiger partial charge in [-0.05, 0) is 44.7 Å². The van der Waals surface area contributed by atoms with Gasteiger partial charge in [0.25, 0.3) is 0 Å². The van der Waals surface area contributed by atoms with Crippen molar-refractivity contribution in [2.45, 2.75) is 32.9 Å². The van der Waals surface area contributed by atoms with Gasteiger partial charge in [0.2, 0.25) is 0 Å². The van der Waals surface area contributed by atoms with Crippen LogP contribution in [0.5, 0.6) is 0 Å². The van der Waals surface area contributed by atoms with E-state index in [2.05, 4.69) is 23.4 Å². The highest BCUT2D eigenvalue weighted by Gasteiger charge is 2.15. The molecule has 5 heteroatoms. The Bertz CT molecular complexity index is 595. The number of aryl methyl sites for hydroxylation is 2. The summed E-state index contributed by atoms with van der Waals surface area (Å²) in [6.07, 6.45) is 0.785. The minimum atomic E-state index is -0.389. The third kappa shape index (κ3) is 3.19. The molecule has 1 unspecified atom stereocenters. The first-order chi connectivity index (χ1) is 9.55. The van der Waals surface area contributed by atoms with E-state index in [0.717, 1.165) is 29.9 Å². The van der Waals surface area contributed by atoms with Gasteiger partial charge in [0, 0.05) is 24.7 Å². The SMILES string of the molecule is CCn1nc(C)cc1CC(NC)c1ccc(F)c(Cl)c1. The standard InChI is InChI=1S/C15H19ClFN3/c1-4-20-12(7-10(2)19-20)9-15(18-3)11-5-6-14(17)13(16)8-11/h5-8,15,18H,4,9H2,1-3H3. The zero-order valence-electron chi connectivity index (χ0n) is 12.0. The first kappa shape index (κ1) is 15.0. The van der Waals surface area contributed by atoms with Crippen LogP contribution in [0.2, 0.25) is 5.02 Å². The van der Waals surface area contributed by atoms with Gasteiger partial charge in [-0.25, -0.2) is 4.39 Å². The molecule has 2 aromatic rings. The van der Waals surface area contributed by atoms with Crippen molar-refractivity contribution in [1.29, 1.82) is 0 Å². The van der Waals surface area contributed by atoms with Crippen molar-refractivity contribution in [3.05, 3.63) is 52.1 Å². The van der Waals surface area contributed by atoms with Gasteiger partial charge in [0.15, 0.2) is 0 Å². The highest BCUT2D eigenvalue weighted by molar-refractivity contribution is 6.30. The van der Waals surface area contributed by atoms with Crippen LogP contribution in [0.4, 0.5) is 4.39 Å². The van der Waals surface area contributed by atoms with Crippen molar-refractivity contribution in [3.63, 3.8) is 0 Å². The molecule has 0 bridgehead atoms. The van der Waals surface area contributed by atoms with Gasteiger partial charge in [-0.1, -0.05) is 17.7 Å². The fourth-order valence-corrected chi connectivity index (χ4v) is 2.55. The van der Waals surface area contributed by atoms with E-state index in [1.165, 1.54) is 6.07 Å². The molecule has 0 radical (unpaired) electrons. The van der Waals surface area contributed by atoms with Gasteiger partial charge >= 0.3 is 0 Å². The van der Waals surface area contributed by atoms with E-state index in [9.17, 15) is 4.39 Å². The minimum Gasteiger partial charge on any atom is -0.313 e. The summed E-state index contributed by atoms with van der Waals surface area (Å²) in [6, 6.07) is 7.01. The fraction of sp³-hybridized carbons (Fsp3) is 0.400. The van der Waals surface area contributed by atoms with Crippen molar-refractivity contribution in [2.75, 3.05) is 7.05 Å². The van der Waals surface area contributed by atoms with Crippen LogP contribution in [0.3, 0.4) is 0 Å². The lowest BCUT2D eigenvalue weighted by molar-refractivity contribution is 0.539. The van der Waals surface area contributed by atoms with Gasteiger partial charge in [-0.2, -0.15) is 5.10 Å². The van der Waals surface area contributed by atoms with Crippen molar-refractivity contribution in [3.8, 4) is 0 Å². The maximum Gasteiger partial charge on any atom is 0.141 e. The molecule has 1 aromatic heterocycles. The molecule has 1 aromatic carbocycles. The molecule has 0 fully saturated rings. The highest BCUT2D eigenvalue weighted by Crippen LogP contribution is 2.23. The zero-order chi connectivity index (χ0) is 14.7. The molecular formula is C15H19ClFN3. The van der Waals surface area contributed by atoms with Crippen molar-refractivity contribution < 1.29 is 4.39 Å². The largest absolute Gasteiger partial charge is 0.313 e. The first-order valence-electron chi connectivity index (χ1n) is 6.70. The molecule has 0 spiro atoms. The van der Waals surface area contributed by atoms with Crippen LogP contribution >= 0.6 is 11.6 Å². The molecule has 108 valence electrons. The molecule has 1 N–H and O–H groups in total. The summed E-state index contributed by atoms with van der Waals surface area (Å²) in [6.45, 7) is 4.89. The summed E-state index contributed by atoms with van der Waals surface area (Å²) in [4.78, 5) is 0. The predicted molar refractivity (Wildman–Crippen MR) is 79.6 cm³/mol. The van der Waals surface area contributed by atoms with Crippen molar-refractivity contribution in [2.24, 2.45) is 0 Å². The van der Waals surface area contributed by atoms with Crippen LogP contribution in [0.1, 0.15) is 29.9 Å². The average molecular weight is 296 g/mol. The van der Waals surface area contributed by atoms with Crippen LogP contribution in [0, 0.1) is 12.7 Å². The molecule has 0 aliphatic carbocycles. The summed E-state index contributed by atoms with van der Waals surface area (Å²) in [5, 5.41) is 7.85. The molecule has 2 rings (SSSR count). The molecule has 20 heavy (non-hydrogen) atoms. The molecular weight excluding hydrogens is 277 g/mol. The Morgan fingerprint density at radius 2 is 2.15 bits per heavy atom. The number of nitrogens with one attached hydrogen (secondary N) is 1. The topological polar surface area (TPSA) is 29.9 Å². The monoisotopic (exact) mass is 295 g/mol. The highest BCUT2D eigenvalue weighted by atomic mass is 35.5. The summed E-state index contributed by atoms with van der Waals surface area (Å²) < 4.78 is 15.2. The molecule has 0 amide bonds. The van der Waals surface area contributed by atoms with Gasteiger partial charge < -0.3 is 5.32 Å². The fourth-order valence-electron chi connectivity index (χ4n) is 2.36. The van der Waals surface area contributed by atoms with E-state index < -0.39 is 0 Å². The average Bonchev–Trinajstić information content (AvgIpc) is 2.79. The second kappa shape index (κ2) is 6.37. The summed E-state index contributed by atoms with van der Waals surface area (Å²) in [5.74, 6) is -0.389. The summed E-state index contributed by atoms with van der Waals surface area (Å²) in [5.41, 5.74) is 3.14. The van der Waals surface area contributed by atoms with Crippen LogP contribution in [-0.2, 0) is 13.0 Å². The third-order valence-corrected chi connectivity index (χ3v) is 3.68. The lowest BCUT2D eigenvalue weighted by atomic mass is 10.0. The Morgan fingerprint density at radius 3 is 2.75 bits per heavy atom. The van der Waals surface area contributed by atoms with Crippen LogP contribution in [-0.4, -0.2) is 16.8 Å². The first-order valence-corrected chi connectivity index (χ1v) is 7.08. The number of hydrogen-bond donors (Lipinski definition) is 1. The maximum atomic E-state index is 13.2. The number of halogens is 2.